The Balaban J connectivity index is 1.38. The van der Waals surface area contributed by atoms with Gasteiger partial charge >= 0.3 is 0 Å². The first kappa shape index (κ1) is 15.6. The molecule has 6 heteroatoms. The van der Waals surface area contributed by atoms with Crippen molar-refractivity contribution in [3.8, 4) is 5.75 Å². The fourth-order valence-corrected chi connectivity index (χ4v) is 3.12. The third kappa shape index (κ3) is 3.91. The van der Waals surface area contributed by atoms with Crippen LogP contribution in [0.2, 0.25) is 5.02 Å². The zero-order valence-electron chi connectivity index (χ0n) is 12.6. The summed E-state index contributed by atoms with van der Waals surface area (Å²) in [7, 11) is 0. The molecule has 2 N–H and O–H groups in total. The van der Waals surface area contributed by atoms with Crippen LogP contribution in [0.5, 0.6) is 5.75 Å². The maximum Gasteiger partial charge on any atom is 0.261 e. The molecular weight excluding hydrogens is 302 g/mol. The third-order valence-corrected chi connectivity index (χ3v) is 4.38. The minimum absolute atomic E-state index is 0.0346. The van der Waals surface area contributed by atoms with Crippen LogP contribution in [0.3, 0.4) is 0 Å². The Kier molecular flexibility index (Phi) is 5.18. The van der Waals surface area contributed by atoms with Crippen LogP contribution in [-0.2, 0) is 11.2 Å². The van der Waals surface area contributed by atoms with Crippen LogP contribution in [-0.4, -0.2) is 56.2 Å². The van der Waals surface area contributed by atoms with E-state index in [-0.39, 0.29) is 5.91 Å². The van der Waals surface area contributed by atoms with Gasteiger partial charge in [0.15, 0.2) is 6.10 Å². The van der Waals surface area contributed by atoms with Gasteiger partial charge in [0, 0.05) is 44.2 Å². The zero-order chi connectivity index (χ0) is 15.4. The molecule has 2 aliphatic rings. The van der Waals surface area contributed by atoms with E-state index in [4.69, 9.17) is 16.3 Å². The van der Waals surface area contributed by atoms with E-state index in [0.717, 1.165) is 50.5 Å². The second-order valence-corrected chi connectivity index (χ2v) is 6.24. The Labute approximate surface area is 136 Å². The van der Waals surface area contributed by atoms with Crippen LogP contribution in [0.15, 0.2) is 18.2 Å². The molecule has 0 aromatic heterocycles. The van der Waals surface area contributed by atoms with Crippen LogP contribution < -0.4 is 15.4 Å². The van der Waals surface area contributed by atoms with Crippen molar-refractivity contribution in [1.29, 1.82) is 0 Å². The predicted molar refractivity (Wildman–Crippen MR) is 86.5 cm³/mol. The molecule has 3 rings (SSSR count). The predicted octanol–water partition coefficient (Wildman–Crippen LogP) is 1.06. The van der Waals surface area contributed by atoms with E-state index in [1.165, 1.54) is 0 Å². The van der Waals surface area contributed by atoms with Crippen LogP contribution in [0, 0.1) is 0 Å². The summed E-state index contributed by atoms with van der Waals surface area (Å²) >= 11 is 5.96. The highest BCUT2D eigenvalue weighted by molar-refractivity contribution is 6.30. The summed E-state index contributed by atoms with van der Waals surface area (Å²) in [4.78, 5) is 14.6. The van der Waals surface area contributed by atoms with Gasteiger partial charge in [-0.1, -0.05) is 11.6 Å². The lowest BCUT2D eigenvalue weighted by Crippen LogP contribution is -2.44. The lowest BCUT2D eigenvalue weighted by Gasteiger charge is -2.27. The molecule has 22 heavy (non-hydrogen) atoms. The zero-order valence-corrected chi connectivity index (χ0v) is 13.4. The summed E-state index contributed by atoms with van der Waals surface area (Å²) in [5, 5.41) is 6.99. The molecule has 1 unspecified atom stereocenters. The Hall–Kier alpha value is -1.30. The van der Waals surface area contributed by atoms with Crippen LogP contribution in [0.1, 0.15) is 12.0 Å². The minimum atomic E-state index is -0.423. The molecule has 0 aliphatic carbocycles. The van der Waals surface area contributed by atoms with Crippen molar-refractivity contribution >= 4 is 17.5 Å². The number of fused-ring (bicyclic) bond motifs is 1. The van der Waals surface area contributed by atoms with E-state index >= 15 is 0 Å². The third-order valence-electron chi connectivity index (χ3n) is 4.15. The van der Waals surface area contributed by atoms with Gasteiger partial charge in [-0.3, -0.25) is 4.79 Å². The van der Waals surface area contributed by atoms with Crippen molar-refractivity contribution < 1.29 is 9.53 Å². The van der Waals surface area contributed by atoms with Crippen LogP contribution in [0.4, 0.5) is 0 Å². The number of amides is 1. The van der Waals surface area contributed by atoms with Crippen LogP contribution >= 0.6 is 11.6 Å². The molecule has 1 fully saturated rings. The van der Waals surface area contributed by atoms with Crippen molar-refractivity contribution in [2.45, 2.75) is 18.9 Å². The van der Waals surface area contributed by atoms with Crippen molar-refractivity contribution in [3.63, 3.8) is 0 Å². The Morgan fingerprint density at radius 2 is 2.23 bits per heavy atom. The monoisotopic (exact) mass is 323 g/mol. The van der Waals surface area contributed by atoms with Crippen molar-refractivity contribution in [1.82, 2.24) is 15.5 Å². The molecule has 1 aromatic carbocycles. The lowest BCUT2D eigenvalue weighted by atomic mass is 10.1. The number of piperazine rings is 1. The Bertz CT molecular complexity index is 532. The quantitative estimate of drug-likeness (QED) is 0.796. The first-order valence-electron chi connectivity index (χ1n) is 7.88. The molecule has 1 atom stereocenters. The van der Waals surface area contributed by atoms with Gasteiger partial charge in [-0.15, -0.1) is 0 Å². The van der Waals surface area contributed by atoms with Crippen molar-refractivity contribution in [2.75, 3.05) is 39.3 Å². The van der Waals surface area contributed by atoms with Crippen LogP contribution in [0.25, 0.3) is 0 Å². The summed E-state index contributed by atoms with van der Waals surface area (Å²) < 4.78 is 5.68. The van der Waals surface area contributed by atoms with E-state index in [1.54, 1.807) is 6.07 Å². The van der Waals surface area contributed by atoms with E-state index in [1.807, 2.05) is 12.1 Å². The number of nitrogens with zero attached hydrogens (tertiary/aromatic N) is 1. The van der Waals surface area contributed by atoms with Gasteiger partial charge in [-0.2, -0.15) is 0 Å². The van der Waals surface area contributed by atoms with Gasteiger partial charge in [-0.05, 0) is 36.7 Å². The molecule has 0 spiro atoms. The molecule has 0 bridgehead atoms. The maximum atomic E-state index is 12.2. The van der Waals surface area contributed by atoms with Crippen molar-refractivity contribution in [3.05, 3.63) is 28.8 Å². The van der Waals surface area contributed by atoms with E-state index in [2.05, 4.69) is 15.5 Å². The van der Waals surface area contributed by atoms with Gasteiger partial charge < -0.3 is 20.3 Å². The van der Waals surface area contributed by atoms with E-state index < -0.39 is 6.10 Å². The number of hydrogen-bond acceptors (Lipinski definition) is 4. The second kappa shape index (κ2) is 7.31. The van der Waals surface area contributed by atoms with Crippen molar-refractivity contribution in [2.24, 2.45) is 0 Å². The average molecular weight is 324 g/mol. The first-order chi connectivity index (χ1) is 10.7. The Morgan fingerprint density at radius 3 is 3.05 bits per heavy atom. The fraction of sp³-hybridized carbons (Fsp3) is 0.562. The molecule has 5 nitrogen and oxygen atoms in total. The number of nitrogens with one attached hydrogen (secondary N) is 2. The summed E-state index contributed by atoms with van der Waals surface area (Å²) in [6.07, 6.45) is 1.14. The smallest absolute Gasteiger partial charge is 0.261 e. The molecule has 0 radical (unpaired) electrons. The number of benzene rings is 1. The van der Waals surface area contributed by atoms with Gasteiger partial charge in [0.1, 0.15) is 5.75 Å². The highest BCUT2D eigenvalue weighted by Crippen LogP contribution is 2.31. The summed E-state index contributed by atoms with van der Waals surface area (Å²) in [6.45, 7) is 6.03. The van der Waals surface area contributed by atoms with Gasteiger partial charge in [0.25, 0.3) is 5.91 Å². The summed E-state index contributed by atoms with van der Waals surface area (Å²) in [5.74, 6) is 0.734. The topological polar surface area (TPSA) is 53.6 Å². The number of hydrogen-bond donors (Lipinski definition) is 2. The molecule has 1 amide bonds. The molecule has 2 aliphatic heterocycles. The maximum absolute atomic E-state index is 12.2. The number of rotatable bonds is 5. The van der Waals surface area contributed by atoms with E-state index in [0.29, 0.717) is 18.0 Å². The average Bonchev–Trinajstić information content (AvgIpc) is 2.95. The molecule has 1 saturated heterocycles. The SMILES string of the molecule is O=C(NCCCN1CCNCC1)C1Cc2cc(Cl)ccc2O1. The molecule has 1 aromatic rings. The van der Waals surface area contributed by atoms with Gasteiger partial charge in [-0.25, -0.2) is 0 Å². The summed E-state index contributed by atoms with van der Waals surface area (Å²) in [6, 6.07) is 5.48. The number of carbonyl (C=O) groups is 1. The highest BCUT2D eigenvalue weighted by Gasteiger charge is 2.28. The fourth-order valence-electron chi connectivity index (χ4n) is 2.93. The molecular formula is C16H22ClN3O2. The van der Waals surface area contributed by atoms with Gasteiger partial charge in [0.05, 0.1) is 0 Å². The molecule has 2 heterocycles. The normalized spacial score (nSPS) is 21.2. The largest absolute Gasteiger partial charge is 0.480 e. The highest BCUT2D eigenvalue weighted by atomic mass is 35.5. The first-order valence-corrected chi connectivity index (χ1v) is 8.26. The lowest BCUT2D eigenvalue weighted by molar-refractivity contribution is -0.127. The number of ether oxygens (including phenoxy) is 1. The minimum Gasteiger partial charge on any atom is -0.480 e. The standard InChI is InChI=1S/C16H22ClN3O2/c17-13-2-3-14-12(10-13)11-15(22-14)16(21)19-4-1-7-20-8-5-18-6-9-20/h2-3,10,15,18H,1,4-9,11H2,(H,19,21). The number of halogens is 1. The number of carbonyl (C=O) groups excluding carboxylic acids is 1. The van der Waals surface area contributed by atoms with E-state index in [9.17, 15) is 4.79 Å². The molecule has 0 saturated carbocycles. The van der Waals surface area contributed by atoms with Gasteiger partial charge in [0.2, 0.25) is 0 Å². The Morgan fingerprint density at radius 1 is 1.41 bits per heavy atom. The summed E-state index contributed by atoms with van der Waals surface area (Å²) in [5.41, 5.74) is 1.01. The second-order valence-electron chi connectivity index (χ2n) is 5.80. The molecule has 120 valence electrons.